The quantitative estimate of drug-likeness (QED) is 0.896. The first-order valence-electron chi connectivity index (χ1n) is 6.49. The minimum atomic E-state index is -1.09. The van der Waals surface area contributed by atoms with Crippen LogP contribution in [0.1, 0.15) is 40.3 Å². The number of carbonyl (C=O) groups is 1. The molecule has 1 aromatic heterocycles. The molecule has 0 fully saturated rings. The number of carboxylic acid groups (broad SMARTS) is 1. The molecule has 2 rings (SSSR count). The van der Waals surface area contributed by atoms with E-state index in [1.807, 2.05) is 31.2 Å². The molecule has 0 radical (unpaired) electrons. The maximum atomic E-state index is 11.4. The molecule has 0 aliphatic rings. The maximum Gasteiger partial charge on any atom is 0.339 e. The summed E-state index contributed by atoms with van der Waals surface area (Å²) in [4.78, 5) is 19.3. The number of para-hydroxylation sites is 1. The molecule has 1 atom stereocenters. The standard InChI is InChI=1S/C15H17N3O3/c1-8-6-4-5-7-11(8)21-10(3)13-12(14(19)20)9(2)17-15(16)18-13/h4-7,10H,1-3H3,(H,19,20)(H2,16,17,18). The van der Waals surface area contributed by atoms with Crippen molar-refractivity contribution in [2.75, 3.05) is 5.73 Å². The summed E-state index contributed by atoms with van der Waals surface area (Å²) < 4.78 is 5.82. The largest absolute Gasteiger partial charge is 0.484 e. The smallest absolute Gasteiger partial charge is 0.339 e. The molecule has 0 spiro atoms. The van der Waals surface area contributed by atoms with Crippen LogP contribution in [-0.4, -0.2) is 21.0 Å². The molecule has 3 N–H and O–H groups in total. The third-order valence-corrected chi connectivity index (χ3v) is 3.13. The van der Waals surface area contributed by atoms with E-state index in [0.717, 1.165) is 5.56 Å². The number of nitrogen functional groups attached to an aromatic ring is 1. The van der Waals surface area contributed by atoms with Crippen LogP contribution in [0.4, 0.5) is 5.95 Å². The van der Waals surface area contributed by atoms with Crippen LogP contribution in [0.3, 0.4) is 0 Å². The predicted molar refractivity (Wildman–Crippen MR) is 78.4 cm³/mol. The molecule has 1 unspecified atom stereocenters. The van der Waals surface area contributed by atoms with Gasteiger partial charge in [-0.15, -0.1) is 0 Å². The van der Waals surface area contributed by atoms with E-state index in [9.17, 15) is 9.90 Å². The molecule has 6 heteroatoms. The molecule has 0 saturated carbocycles. The molecule has 1 heterocycles. The van der Waals surface area contributed by atoms with E-state index in [1.165, 1.54) is 0 Å². The fourth-order valence-corrected chi connectivity index (χ4v) is 2.11. The average molecular weight is 287 g/mol. The van der Waals surface area contributed by atoms with Gasteiger partial charge >= 0.3 is 5.97 Å². The van der Waals surface area contributed by atoms with Gasteiger partial charge in [0.2, 0.25) is 5.95 Å². The van der Waals surface area contributed by atoms with Crippen LogP contribution >= 0.6 is 0 Å². The summed E-state index contributed by atoms with van der Waals surface area (Å²) in [7, 11) is 0. The van der Waals surface area contributed by atoms with E-state index >= 15 is 0 Å². The lowest BCUT2D eigenvalue weighted by Gasteiger charge is -2.18. The van der Waals surface area contributed by atoms with Gasteiger partial charge in [-0.25, -0.2) is 14.8 Å². The van der Waals surface area contributed by atoms with E-state index < -0.39 is 12.1 Å². The normalized spacial score (nSPS) is 12.0. The van der Waals surface area contributed by atoms with Crippen molar-refractivity contribution in [3.63, 3.8) is 0 Å². The highest BCUT2D eigenvalue weighted by Gasteiger charge is 2.23. The zero-order chi connectivity index (χ0) is 15.6. The highest BCUT2D eigenvalue weighted by Crippen LogP contribution is 2.26. The molecule has 0 saturated heterocycles. The molecule has 2 aromatic rings. The van der Waals surface area contributed by atoms with Gasteiger partial charge in [0, 0.05) is 0 Å². The van der Waals surface area contributed by atoms with E-state index in [4.69, 9.17) is 10.5 Å². The number of benzene rings is 1. The minimum Gasteiger partial charge on any atom is -0.484 e. The van der Waals surface area contributed by atoms with Crippen molar-refractivity contribution in [2.45, 2.75) is 26.9 Å². The first-order chi connectivity index (χ1) is 9.90. The third-order valence-electron chi connectivity index (χ3n) is 3.13. The Balaban J connectivity index is 2.41. The summed E-state index contributed by atoms with van der Waals surface area (Å²) in [5, 5.41) is 9.33. The van der Waals surface area contributed by atoms with Gasteiger partial charge in [-0.3, -0.25) is 0 Å². The fraction of sp³-hybridized carbons (Fsp3) is 0.267. The van der Waals surface area contributed by atoms with Gasteiger partial charge in [0.25, 0.3) is 0 Å². The summed E-state index contributed by atoms with van der Waals surface area (Å²) in [6.07, 6.45) is -0.554. The Kier molecular flexibility index (Phi) is 4.07. The van der Waals surface area contributed by atoms with Gasteiger partial charge in [-0.1, -0.05) is 18.2 Å². The Labute approximate surface area is 122 Å². The van der Waals surface area contributed by atoms with Crippen LogP contribution in [0, 0.1) is 13.8 Å². The number of aromatic carboxylic acids is 1. The van der Waals surface area contributed by atoms with Crippen molar-refractivity contribution in [1.29, 1.82) is 0 Å². The molecule has 110 valence electrons. The number of hydrogen-bond donors (Lipinski definition) is 2. The second kappa shape index (κ2) is 5.78. The summed E-state index contributed by atoms with van der Waals surface area (Å²) in [5.74, 6) is -0.383. The number of hydrogen-bond acceptors (Lipinski definition) is 5. The molecule has 21 heavy (non-hydrogen) atoms. The first-order valence-corrected chi connectivity index (χ1v) is 6.49. The molecule has 6 nitrogen and oxygen atoms in total. The van der Waals surface area contributed by atoms with Gasteiger partial charge in [0.15, 0.2) is 0 Å². The van der Waals surface area contributed by atoms with Crippen molar-refractivity contribution in [3.8, 4) is 5.75 Å². The Hall–Kier alpha value is -2.63. The van der Waals surface area contributed by atoms with Crippen LogP contribution < -0.4 is 10.5 Å². The van der Waals surface area contributed by atoms with E-state index in [2.05, 4.69) is 9.97 Å². The SMILES string of the molecule is Cc1ccccc1OC(C)c1nc(N)nc(C)c1C(=O)O. The van der Waals surface area contributed by atoms with Gasteiger partial charge < -0.3 is 15.6 Å². The average Bonchev–Trinajstić information content (AvgIpc) is 2.39. The number of aryl methyl sites for hydroxylation is 2. The van der Waals surface area contributed by atoms with E-state index in [0.29, 0.717) is 11.4 Å². The second-order valence-electron chi connectivity index (χ2n) is 4.76. The predicted octanol–water partition coefficient (Wildman–Crippen LogP) is 2.51. The zero-order valence-electron chi connectivity index (χ0n) is 12.1. The highest BCUT2D eigenvalue weighted by molar-refractivity contribution is 5.90. The maximum absolute atomic E-state index is 11.4. The fourth-order valence-electron chi connectivity index (χ4n) is 2.11. The molecule has 0 amide bonds. The third kappa shape index (κ3) is 3.10. The van der Waals surface area contributed by atoms with Gasteiger partial charge in [-0.05, 0) is 32.4 Å². The van der Waals surface area contributed by atoms with Crippen LogP contribution in [0.5, 0.6) is 5.75 Å². The Morgan fingerprint density at radius 2 is 1.95 bits per heavy atom. The van der Waals surface area contributed by atoms with E-state index in [-0.39, 0.29) is 17.2 Å². The van der Waals surface area contributed by atoms with Crippen LogP contribution in [0.2, 0.25) is 0 Å². The van der Waals surface area contributed by atoms with Crippen molar-refractivity contribution >= 4 is 11.9 Å². The zero-order valence-corrected chi connectivity index (χ0v) is 12.1. The van der Waals surface area contributed by atoms with Gasteiger partial charge in [-0.2, -0.15) is 0 Å². The number of ether oxygens (including phenoxy) is 1. The number of rotatable bonds is 4. The molecular weight excluding hydrogens is 270 g/mol. The molecule has 0 aliphatic carbocycles. The van der Waals surface area contributed by atoms with E-state index in [1.54, 1.807) is 13.8 Å². The van der Waals surface area contributed by atoms with Crippen molar-refractivity contribution in [2.24, 2.45) is 0 Å². The van der Waals surface area contributed by atoms with Crippen molar-refractivity contribution in [3.05, 3.63) is 46.8 Å². The summed E-state index contributed by atoms with van der Waals surface area (Å²) >= 11 is 0. The van der Waals surface area contributed by atoms with Crippen LogP contribution in [0.25, 0.3) is 0 Å². The van der Waals surface area contributed by atoms with Crippen LogP contribution in [-0.2, 0) is 0 Å². The molecule has 0 aliphatic heterocycles. The number of anilines is 1. The molecule has 0 bridgehead atoms. The Bertz CT molecular complexity index is 686. The lowest BCUT2D eigenvalue weighted by molar-refractivity contribution is 0.0689. The minimum absolute atomic E-state index is 0.0327. The topological polar surface area (TPSA) is 98.3 Å². The number of nitrogens with zero attached hydrogens (tertiary/aromatic N) is 2. The van der Waals surface area contributed by atoms with Crippen molar-refractivity contribution in [1.82, 2.24) is 9.97 Å². The molecule has 1 aromatic carbocycles. The summed E-state index contributed by atoms with van der Waals surface area (Å²) in [5.41, 5.74) is 7.21. The van der Waals surface area contributed by atoms with Crippen LogP contribution in [0.15, 0.2) is 24.3 Å². The number of carboxylic acids is 1. The monoisotopic (exact) mass is 287 g/mol. The first kappa shape index (κ1) is 14.8. The highest BCUT2D eigenvalue weighted by atomic mass is 16.5. The van der Waals surface area contributed by atoms with Gasteiger partial charge in [0.05, 0.1) is 5.69 Å². The number of nitrogens with two attached hydrogens (primary N) is 1. The lowest BCUT2D eigenvalue weighted by atomic mass is 10.1. The van der Waals surface area contributed by atoms with Crippen molar-refractivity contribution < 1.29 is 14.6 Å². The Morgan fingerprint density at radius 3 is 2.57 bits per heavy atom. The lowest BCUT2D eigenvalue weighted by Crippen LogP contribution is -2.17. The summed E-state index contributed by atoms with van der Waals surface area (Å²) in [6.45, 7) is 5.24. The van der Waals surface area contributed by atoms with Gasteiger partial charge in [0.1, 0.15) is 23.1 Å². The molecular formula is C15H17N3O3. The summed E-state index contributed by atoms with van der Waals surface area (Å²) in [6, 6.07) is 7.50. The second-order valence-corrected chi connectivity index (χ2v) is 4.76. The number of aromatic nitrogens is 2. The Morgan fingerprint density at radius 1 is 1.29 bits per heavy atom.